The van der Waals surface area contributed by atoms with Crippen LogP contribution < -0.4 is 0 Å². The first-order chi connectivity index (χ1) is 7.65. The van der Waals surface area contributed by atoms with Crippen molar-refractivity contribution in [1.29, 1.82) is 0 Å². The van der Waals surface area contributed by atoms with Gasteiger partial charge in [-0.1, -0.05) is 6.07 Å². The topological polar surface area (TPSA) is 76.7 Å². The average molecular weight is 284 g/mol. The Morgan fingerprint density at radius 2 is 2.31 bits per heavy atom. The van der Waals surface area contributed by atoms with Crippen LogP contribution in [0, 0.1) is 0 Å². The smallest absolute Gasteiger partial charge is 0.180 e. The van der Waals surface area contributed by atoms with Crippen LogP contribution in [0.4, 0.5) is 0 Å². The second-order valence-electron chi connectivity index (χ2n) is 3.29. The number of aliphatic hydroxyl groups is 1. The van der Waals surface area contributed by atoms with E-state index in [4.69, 9.17) is 0 Å². The molecule has 84 valence electrons. The molecular weight excluding hydrogens is 274 g/mol. The van der Waals surface area contributed by atoms with Gasteiger partial charge in [-0.2, -0.15) is 0 Å². The van der Waals surface area contributed by atoms with E-state index in [1.165, 1.54) is 0 Å². The molecule has 0 fully saturated rings. The molecule has 0 bridgehead atoms. The van der Waals surface area contributed by atoms with E-state index in [1.54, 1.807) is 6.92 Å². The number of nitrogens with zero attached hydrogens (tertiary/aromatic N) is 5. The molecule has 1 atom stereocenters. The Bertz CT molecular complexity index is 484. The normalized spacial score (nSPS) is 12.7. The Balaban J connectivity index is 2.14. The first kappa shape index (κ1) is 11.2. The molecule has 0 saturated carbocycles. The molecule has 2 aromatic heterocycles. The number of aliphatic hydroxyl groups excluding tert-OH is 1. The van der Waals surface area contributed by atoms with E-state index in [0.29, 0.717) is 12.2 Å². The summed E-state index contributed by atoms with van der Waals surface area (Å²) in [6.07, 6.45) is -0.275. The largest absolute Gasteiger partial charge is 0.370 e. The van der Waals surface area contributed by atoms with E-state index in [2.05, 4.69) is 36.3 Å². The number of rotatable bonds is 3. The van der Waals surface area contributed by atoms with E-state index in [-0.39, 0.29) is 0 Å². The summed E-state index contributed by atoms with van der Waals surface area (Å²) in [5, 5.41) is 20.8. The van der Waals surface area contributed by atoms with Gasteiger partial charge in [-0.25, -0.2) is 4.98 Å². The zero-order chi connectivity index (χ0) is 11.5. The monoisotopic (exact) mass is 283 g/mol. The van der Waals surface area contributed by atoms with Crippen LogP contribution >= 0.6 is 15.9 Å². The van der Waals surface area contributed by atoms with Crippen molar-refractivity contribution in [3.05, 3.63) is 34.3 Å². The zero-order valence-corrected chi connectivity index (χ0v) is 10.2. The van der Waals surface area contributed by atoms with Crippen molar-refractivity contribution in [2.45, 2.75) is 19.6 Å². The Morgan fingerprint density at radius 1 is 1.50 bits per heavy atom. The van der Waals surface area contributed by atoms with Crippen LogP contribution in [0.3, 0.4) is 0 Å². The lowest BCUT2D eigenvalue weighted by atomic mass is 10.3. The van der Waals surface area contributed by atoms with Gasteiger partial charge in [-0.15, -0.1) is 15.0 Å². The molecule has 1 N–H and O–H groups in total. The summed E-state index contributed by atoms with van der Waals surface area (Å²) in [6.45, 7) is 1.57. The predicted octanol–water partition coefficient (Wildman–Crippen LogP) is 0.932. The van der Waals surface area contributed by atoms with Crippen molar-refractivity contribution in [3.63, 3.8) is 0 Å². The van der Waals surface area contributed by atoms with Crippen LogP contribution in [-0.4, -0.2) is 30.3 Å². The third-order valence-corrected chi connectivity index (χ3v) is 2.36. The summed E-state index contributed by atoms with van der Waals surface area (Å²) in [5.41, 5.74) is 0.847. The summed E-state index contributed by atoms with van der Waals surface area (Å²) in [5.74, 6) is 0.534. The fourth-order valence-electron chi connectivity index (χ4n) is 1.20. The maximum absolute atomic E-state index is 9.22. The standard InChI is InChI=1S/C9H10BrN5O/c1-6(16)15-13-9(12-14-15)5-7-3-2-4-8(10)11-7/h2-4,6,16H,5H2,1H3. The average Bonchev–Trinajstić information content (AvgIpc) is 2.66. The lowest BCUT2D eigenvalue weighted by molar-refractivity contribution is 0.0926. The zero-order valence-electron chi connectivity index (χ0n) is 8.58. The summed E-state index contributed by atoms with van der Waals surface area (Å²) in [6, 6.07) is 5.63. The van der Waals surface area contributed by atoms with Crippen molar-refractivity contribution < 1.29 is 5.11 Å². The van der Waals surface area contributed by atoms with E-state index >= 15 is 0 Å². The van der Waals surface area contributed by atoms with E-state index in [9.17, 15) is 5.11 Å². The minimum atomic E-state index is -0.767. The molecule has 2 aromatic rings. The minimum Gasteiger partial charge on any atom is -0.370 e. The van der Waals surface area contributed by atoms with Gasteiger partial charge >= 0.3 is 0 Å². The third kappa shape index (κ3) is 2.61. The van der Waals surface area contributed by atoms with E-state index in [1.807, 2.05) is 18.2 Å². The molecule has 0 radical (unpaired) electrons. The summed E-state index contributed by atoms with van der Waals surface area (Å²) in [4.78, 5) is 5.42. The second-order valence-corrected chi connectivity index (χ2v) is 4.10. The first-order valence-electron chi connectivity index (χ1n) is 4.73. The number of hydrogen-bond donors (Lipinski definition) is 1. The summed E-state index contributed by atoms with van der Waals surface area (Å²) >= 11 is 3.29. The van der Waals surface area contributed by atoms with Gasteiger partial charge in [0, 0.05) is 5.69 Å². The van der Waals surface area contributed by atoms with Crippen molar-refractivity contribution in [3.8, 4) is 0 Å². The first-order valence-corrected chi connectivity index (χ1v) is 5.52. The number of tetrazole rings is 1. The second kappa shape index (κ2) is 4.67. The van der Waals surface area contributed by atoms with Crippen LogP contribution in [0.2, 0.25) is 0 Å². The highest BCUT2D eigenvalue weighted by atomic mass is 79.9. The minimum absolute atomic E-state index is 0.492. The number of aromatic nitrogens is 5. The molecule has 7 heteroatoms. The van der Waals surface area contributed by atoms with Crippen molar-refractivity contribution in [1.82, 2.24) is 25.2 Å². The van der Waals surface area contributed by atoms with E-state index in [0.717, 1.165) is 15.1 Å². The summed E-state index contributed by atoms with van der Waals surface area (Å²) in [7, 11) is 0. The molecular formula is C9H10BrN5O. The lowest BCUT2D eigenvalue weighted by Crippen LogP contribution is -2.08. The van der Waals surface area contributed by atoms with Gasteiger partial charge in [-0.05, 0) is 40.2 Å². The van der Waals surface area contributed by atoms with Crippen LogP contribution in [-0.2, 0) is 6.42 Å². The molecule has 0 saturated heterocycles. The Morgan fingerprint density at radius 3 is 2.94 bits per heavy atom. The van der Waals surface area contributed by atoms with Crippen LogP contribution in [0.5, 0.6) is 0 Å². The molecule has 0 amide bonds. The van der Waals surface area contributed by atoms with Gasteiger partial charge < -0.3 is 5.11 Å². The number of halogens is 1. The van der Waals surface area contributed by atoms with E-state index < -0.39 is 6.23 Å². The van der Waals surface area contributed by atoms with Gasteiger partial charge in [-0.3, -0.25) is 0 Å². The fourth-order valence-corrected chi connectivity index (χ4v) is 1.58. The Labute approximate surface area is 100 Å². The molecule has 16 heavy (non-hydrogen) atoms. The van der Waals surface area contributed by atoms with Crippen molar-refractivity contribution in [2.75, 3.05) is 0 Å². The van der Waals surface area contributed by atoms with Gasteiger partial charge in [0.1, 0.15) is 4.60 Å². The van der Waals surface area contributed by atoms with Crippen LogP contribution in [0.25, 0.3) is 0 Å². The number of hydrogen-bond acceptors (Lipinski definition) is 5. The quantitative estimate of drug-likeness (QED) is 0.848. The lowest BCUT2D eigenvalue weighted by Gasteiger charge is -1.99. The predicted molar refractivity (Wildman–Crippen MR) is 59.5 cm³/mol. The van der Waals surface area contributed by atoms with Gasteiger partial charge in [0.2, 0.25) is 0 Å². The highest BCUT2D eigenvalue weighted by molar-refractivity contribution is 9.10. The third-order valence-electron chi connectivity index (χ3n) is 1.92. The van der Waals surface area contributed by atoms with Gasteiger partial charge in [0.15, 0.2) is 12.1 Å². The Hall–Kier alpha value is -1.34. The maximum Gasteiger partial charge on any atom is 0.180 e. The number of pyridine rings is 1. The van der Waals surface area contributed by atoms with Gasteiger partial charge in [0.25, 0.3) is 0 Å². The summed E-state index contributed by atoms with van der Waals surface area (Å²) < 4.78 is 0.771. The molecule has 6 nitrogen and oxygen atoms in total. The fraction of sp³-hybridized carbons (Fsp3) is 0.333. The molecule has 0 aliphatic heterocycles. The molecule has 1 unspecified atom stereocenters. The van der Waals surface area contributed by atoms with Crippen molar-refractivity contribution in [2.24, 2.45) is 0 Å². The Kier molecular flexibility index (Phi) is 3.25. The molecule has 0 aliphatic carbocycles. The highest BCUT2D eigenvalue weighted by Crippen LogP contribution is 2.08. The molecule has 0 spiro atoms. The maximum atomic E-state index is 9.22. The highest BCUT2D eigenvalue weighted by Gasteiger charge is 2.07. The van der Waals surface area contributed by atoms with Crippen LogP contribution in [0.15, 0.2) is 22.8 Å². The molecule has 2 heterocycles. The molecule has 0 aromatic carbocycles. The molecule has 0 aliphatic rings. The van der Waals surface area contributed by atoms with Gasteiger partial charge in [0.05, 0.1) is 6.42 Å². The van der Waals surface area contributed by atoms with Crippen LogP contribution in [0.1, 0.15) is 24.7 Å². The SMILES string of the molecule is CC(O)n1nnc(Cc2cccc(Br)n2)n1. The molecule has 2 rings (SSSR count). The van der Waals surface area contributed by atoms with Crippen molar-refractivity contribution >= 4 is 15.9 Å².